The van der Waals surface area contributed by atoms with Gasteiger partial charge in [-0.2, -0.15) is 0 Å². The molecule has 0 radical (unpaired) electrons. The molecule has 0 fully saturated rings. The summed E-state index contributed by atoms with van der Waals surface area (Å²) in [7, 11) is 0. The average Bonchev–Trinajstić information content (AvgIpc) is 3.76. The molecule has 12 rings (SSSR count). The van der Waals surface area contributed by atoms with E-state index in [1.807, 2.05) is 0 Å². The second-order valence-corrected chi connectivity index (χ2v) is 17.6. The smallest absolute Gasteiger partial charge is 0.235 e. The molecule has 3 heterocycles. The van der Waals surface area contributed by atoms with Gasteiger partial charge in [0.1, 0.15) is 0 Å². The minimum absolute atomic E-state index is 0.0817. The zero-order chi connectivity index (χ0) is 38.9. The van der Waals surface area contributed by atoms with Crippen LogP contribution in [-0.2, 0) is 10.8 Å². The topological polar surface area (TPSA) is 35.6 Å². The van der Waals surface area contributed by atoms with Crippen LogP contribution in [0, 0.1) is 0 Å². The van der Waals surface area contributed by atoms with Gasteiger partial charge in [-0.3, -0.25) is 4.57 Å². The number of aromatic nitrogens is 4. The molecule has 0 saturated heterocycles. The molecule has 0 saturated carbocycles. The van der Waals surface area contributed by atoms with Crippen molar-refractivity contribution < 1.29 is 0 Å². The summed E-state index contributed by atoms with van der Waals surface area (Å²) in [5.41, 5.74) is 11.8. The molecule has 1 aliphatic carbocycles. The van der Waals surface area contributed by atoms with Crippen molar-refractivity contribution in [1.82, 2.24) is 19.1 Å². The average molecular weight is 747 g/mol. The molecule has 0 bridgehead atoms. The van der Waals surface area contributed by atoms with Crippen molar-refractivity contribution in [2.24, 2.45) is 0 Å². The number of rotatable bonds is 3. The highest BCUT2D eigenvalue weighted by Crippen LogP contribution is 2.50. The summed E-state index contributed by atoms with van der Waals surface area (Å²) in [6.07, 6.45) is 2.34. The maximum atomic E-state index is 5.53. The highest BCUT2D eigenvalue weighted by atomic mass is 15.2. The molecule has 8 aromatic carbocycles. The lowest BCUT2D eigenvalue weighted by Crippen LogP contribution is -2.33. The van der Waals surface area contributed by atoms with Gasteiger partial charge >= 0.3 is 0 Å². The number of nitrogens with zero attached hydrogens (tertiary/aromatic N) is 4. The van der Waals surface area contributed by atoms with Crippen LogP contribution in [0.4, 0.5) is 0 Å². The van der Waals surface area contributed by atoms with Gasteiger partial charge in [-0.25, -0.2) is 9.97 Å². The van der Waals surface area contributed by atoms with E-state index in [4.69, 9.17) is 9.97 Å². The second-order valence-electron chi connectivity index (χ2n) is 17.6. The normalized spacial score (nSPS) is 15.0. The van der Waals surface area contributed by atoms with E-state index in [0.717, 1.165) is 38.9 Å². The standard InChI is InChI=1S/C54H42N4/c1-53(2)27-28-54(3,4)44-31-46-41(30-43(44)53)40-29-42-48(32-47(40)57(46)34-19-9-6-10-20-34)58(51-38-24-14-12-22-36(38)35-21-11-13-23-37(35)49(42)51)52-55-45-26-16-15-25-39(45)50(56-52)33-17-7-5-8-18-33/h5-26,29-32H,27-28H2,1-4H3. The molecule has 1 aliphatic rings. The second kappa shape index (κ2) is 11.9. The Labute approximate surface area is 337 Å². The summed E-state index contributed by atoms with van der Waals surface area (Å²) in [6.45, 7) is 9.71. The predicted octanol–water partition coefficient (Wildman–Crippen LogP) is 14.1. The van der Waals surface area contributed by atoms with E-state index in [-0.39, 0.29) is 10.8 Å². The van der Waals surface area contributed by atoms with Crippen molar-refractivity contribution in [3.05, 3.63) is 169 Å². The maximum Gasteiger partial charge on any atom is 0.235 e. The van der Waals surface area contributed by atoms with Crippen LogP contribution in [0.2, 0.25) is 0 Å². The molecule has 278 valence electrons. The summed E-state index contributed by atoms with van der Waals surface area (Å²) < 4.78 is 4.86. The lowest BCUT2D eigenvalue weighted by Gasteiger charge is -2.42. The van der Waals surface area contributed by atoms with Crippen molar-refractivity contribution in [2.75, 3.05) is 0 Å². The van der Waals surface area contributed by atoms with Gasteiger partial charge in [0.2, 0.25) is 5.95 Å². The van der Waals surface area contributed by atoms with Crippen LogP contribution in [0.1, 0.15) is 51.7 Å². The third kappa shape index (κ3) is 4.63. The fraction of sp³-hybridized carbons (Fsp3) is 0.148. The molecule has 4 heteroatoms. The van der Waals surface area contributed by atoms with Crippen LogP contribution in [0.15, 0.2) is 158 Å². The van der Waals surface area contributed by atoms with Crippen LogP contribution in [-0.4, -0.2) is 19.1 Å². The van der Waals surface area contributed by atoms with E-state index < -0.39 is 0 Å². The van der Waals surface area contributed by atoms with Crippen molar-refractivity contribution in [1.29, 1.82) is 0 Å². The van der Waals surface area contributed by atoms with Gasteiger partial charge in [-0.1, -0.05) is 143 Å². The highest BCUT2D eigenvalue weighted by Gasteiger charge is 2.38. The molecular formula is C54H42N4. The fourth-order valence-corrected chi connectivity index (χ4v) is 10.3. The Morgan fingerprint density at radius 3 is 1.69 bits per heavy atom. The number of benzene rings is 8. The van der Waals surface area contributed by atoms with Gasteiger partial charge < -0.3 is 4.57 Å². The molecule has 0 atom stereocenters. The van der Waals surface area contributed by atoms with E-state index in [2.05, 4.69) is 195 Å². The Bertz CT molecular complexity index is 3500. The van der Waals surface area contributed by atoms with Crippen molar-refractivity contribution in [3.63, 3.8) is 0 Å². The van der Waals surface area contributed by atoms with E-state index in [0.29, 0.717) is 5.95 Å². The first-order valence-electron chi connectivity index (χ1n) is 20.6. The van der Waals surface area contributed by atoms with Crippen LogP contribution in [0.5, 0.6) is 0 Å². The molecule has 0 N–H and O–H groups in total. The van der Waals surface area contributed by atoms with Crippen LogP contribution >= 0.6 is 0 Å². The van der Waals surface area contributed by atoms with Crippen LogP contribution in [0.3, 0.4) is 0 Å². The Kier molecular flexibility index (Phi) is 6.83. The van der Waals surface area contributed by atoms with Gasteiger partial charge in [0.25, 0.3) is 0 Å². The SMILES string of the molecule is CC1(C)CCC(C)(C)c2cc3c(cc21)c1cc2c4c5ccccc5c5ccccc5c4n(-c4nc(-c5ccccc5)c5ccccc5n4)c2cc1n3-c1ccccc1. The highest BCUT2D eigenvalue weighted by molar-refractivity contribution is 6.33. The summed E-state index contributed by atoms with van der Waals surface area (Å²) in [5.74, 6) is 0.665. The number of fused-ring (bicyclic) bond motifs is 13. The summed E-state index contributed by atoms with van der Waals surface area (Å²) in [5, 5.41) is 10.9. The Balaban J connectivity index is 1.32. The molecule has 3 aromatic heterocycles. The molecular weight excluding hydrogens is 705 g/mol. The third-order valence-corrected chi connectivity index (χ3v) is 13.3. The molecule has 58 heavy (non-hydrogen) atoms. The van der Waals surface area contributed by atoms with E-state index in [9.17, 15) is 0 Å². The summed E-state index contributed by atoms with van der Waals surface area (Å²) >= 11 is 0. The van der Waals surface area contributed by atoms with Gasteiger partial charge in [0, 0.05) is 43.6 Å². The lowest BCUT2D eigenvalue weighted by atomic mass is 9.63. The first-order chi connectivity index (χ1) is 28.3. The summed E-state index contributed by atoms with van der Waals surface area (Å²) in [4.78, 5) is 11.0. The maximum absolute atomic E-state index is 5.53. The molecule has 0 spiro atoms. The minimum atomic E-state index is 0.0817. The zero-order valence-corrected chi connectivity index (χ0v) is 33.2. The Hall–Kier alpha value is -6.78. The van der Waals surface area contributed by atoms with Gasteiger partial charge in [-0.05, 0) is 93.4 Å². The number of hydrogen-bond acceptors (Lipinski definition) is 2. The number of hydrogen-bond donors (Lipinski definition) is 0. The van der Waals surface area contributed by atoms with Crippen molar-refractivity contribution in [2.45, 2.75) is 51.4 Å². The fourth-order valence-electron chi connectivity index (χ4n) is 10.3. The lowest BCUT2D eigenvalue weighted by molar-refractivity contribution is 0.332. The first kappa shape index (κ1) is 33.4. The molecule has 11 aromatic rings. The summed E-state index contributed by atoms with van der Waals surface area (Å²) in [6, 6.07) is 57.6. The quantitative estimate of drug-likeness (QED) is 0.169. The zero-order valence-electron chi connectivity index (χ0n) is 33.2. The Morgan fingerprint density at radius 2 is 0.966 bits per heavy atom. The van der Waals surface area contributed by atoms with Crippen LogP contribution in [0.25, 0.3) is 99.0 Å². The molecule has 0 aliphatic heterocycles. The molecule has 4 nitrogen and oxygen atoms in total. The number of para-hydroxylation sites is 2. The Morgan fingerprint density at radius 1 is 0.431 bits per heavy atom. The first-order valence-corrected chi connectivity index (χ1v) is 20.6. The monoisotopic (exact) mass is 746 g/mol. The van der Waals surface area contributed by atoms with E-state index in [1.165, 1.54) is 78.1 Å². The van der Waals surface area contributed by atoms with Gasteiger partial charge in [0.15, 0.2) is 0 Å². The van der Waals surface area contributed by atoms with Crippen molar-refractivity contribution >= 4 is 76.1 Å². The van der Waals surface area contributed by atoms with Gasteiger partial charge in [-0.15, -0.1) is 0 Å². The minimum Gasteiger partial charge on any atom is -0.309 e. The third-order valence-electron chi connectivity index (χ3n) is 13.3. The largest absolute Gasteiger partial charge is 0.309 e. The van der Waals surface area contributed by atoms with Gasteiger partial charge in [0.05, 0.1) is 33.3 Å². The predicted molar refractivity (Wildman–Crippen MR) is 244 cm³/mol. The van der Waals surface area contributed by atoms with E-state index >= 15 is 0 Å². The van der Waals surface area contributed by atoms with Crippen molar-refractivity contribution in [3.8, 4) is 22.9 Å². The molecule has 0 unspecified atom stereocenters. The van der Waals surface area contributed by atoms with E-state index in [1.54, 1.807) is 0 Å². The van der Waals surface area contributed by atoms with Crippen LogP contribution < -0.4 is 0 Å². The molecule has 0 amide bonds.